The molecule has 0 bridgehead atoms. The van der Waals surface area contributed by atoms with Crippen molar-refractivity contribution in [2.24, 2.45) is 5.92 Å². The first-order valence-corrected chi connectivity index (χ1v) is 9.33. The number of likely N-dealkylation sites (tertiary alicyclic amines) is 1. The zero-order valence-corrected chi connectivity index (χ0v) is 15.8. The van der Waals surface area contributed by atoms with Crippen LogP contribution in [-0.4, -0.2) is 44.9 Å². The third-order valence-corrected chi connectivity index (χ3v) is 4.99. The molecule has 0 radical (unpaired) electrons. The predicted octanol–water partition coefficient (Wildman–Crippen LogP) is 3.38. The zero-order valence-electron chi connectivity index (χ0n) is 15.8. The first kappa shape index (κ1) is 18.9. The molecule has 27 heavy (non-hydrogen) atoms. The van der Waals surface area contributed by atoms with Crippen LogP contribution < -0.4 is 5.32 Å². The molecule has 144 valence electrons. The number of hydrogen-bond acceptors (Lipinski definition) is 3. The van der Waals surface area contributed by atoms with Crippen LogP contribution in [0.5, 0.6) is 0 Å². The molecule has 1 unspecified atom stereocenters. The first-order chi connectivity index (χ1) is 12.9. The standard InChI is InChI=1S/C20H26N4O3/c1-14(2)16-7-5-15(6-8-16)12-24-18(9-10-21-24)22-20(27)23-11-3-4-17(13-23)19(25)26/h5-10,14,17H,3-4,11-13H2,1-2H3,(H,22,27)(H,25,26). The maximum Gasteiger partial charge on any atom is 0.323 e. The van der Waals surface area contributed by atoms with Crippen molar-refractivity contribution in [3.05, 3.63) is 47.7 Å². The highest BCUT2D eigenvalue weighted by Crippen LogP contribution is 2.19. The van der Waals surface area contributed by atoms with E-state index in [4.69, 9.17) is 0 Å². The van der Waals surface area contributed by atoms with Crippen molar-refractivity contribution in [3.8, 4) is 0 Å². The minimum absolute atomic E-state index is 0.242. The van der Waals surface area contributed by atoms with E-state index >= 15 is 0 Å². The number of piperidine rings is 1. The lowest BCUT2D eigenvalue weighted by atomic mass is 9.99. The summed E-state index contributed by atoms with van der Waals surface area (Å²) in [6.45, 7) is 5.68. The van der Waals surface area contributed by atoms with E-state index < -0.39 is 11.9 Å². The van der Waals surface area contributed by atoms with E-state index in [-0.39, 0.29) is 12.6 Å². The van der Waals surface area contributed by atoms with Crippen molar-refractivity contribution >= 4 is 17.8 Å². The van der Waals surface area contributed by atoms with Crippen molar-refractivity contribution in [3.63, 3.8) is 0 Å². The number of aromatic nitrogens is 2. The van der Waals surface area contributed by atoms with Gasteiger partial charge in [-0.15, -0.1) is 0 Å². The number of rotatable bonds is 5. The minimum atomic E-state index is -0.845. The van der Waals surface area contributed by atoms with E-state index in [0.29, 0.717) is 37.7 Å². The summed E-state index contributed by atoms with van der Waals surface area (Å²) in [5.74, 6) is -0.251. The molecule has 7 nitrogen and oxygen atoms in total. The van der Waals surface area contributed by atoms with Crippen molar-refractivity contribution in [2.75, 3.05) is 18.4 Å². The summed E-state index contributed by atoms with van der Waals surface area (Å²) in [7, 11) is 0. The molecule has 0 aliphatic carbocycles. The van der Waals surface area contributed by atoms with Crippen molar-refractivity contribution in [1.29, 1.82) is 0 Å². The van der Waals surface area contributed by atoms with E-state index in [1.165, 1.54) is 5.56 Å². The summed E-state index contributed by atoms with van der Waals surface area (Å²) >= 11 is 0. The molecule has 1 atom stereocenters. The molecule has 0 saturated carbocycles. The number of carboxylic acid groups (broad SMARTS) is 1. The van der Waals surface area contributed by atoms with E-state index in [2.05, 4.69) is 48.5 Å². The first-order valence-electron chi connectivity index (χ1n) is 9.33. The number of carbonyl (C=O) groups excluding carboxylic acids is 1. The van der Waals surface area contributed by atoms with Gasteiger partial charge in [0, 0.05) is 19.2 Å². The number of anilines is 1. The lowest BCUT2D eigenvalue weighted by molar-refractivity contribution is -0.143. The molecule has 1 saturated heterocycles. The topological polar surface area (TPSA) is 87.5 Å². The fourth-order valence-electron chi connectivity index (χ4n) is 3.30. The van der Waals surface area contributed by atoms with Gasteiger partial charge in [-0.3, -0.25) is 10.1 Å². The molecule has 2 N–H and O–H groups in total. The number of hydrogen-bond donors (Lipinski definition) is 2. The Balaban J connectivity index is 1.64. The largest absolute Gasteiger partial charge is 0.481 e. The molecule has 1 aliphatic rings. The van der Waals surface area contributed by atoms with Gasteiger partial charge in [0.05, 0.1) is 18.7 Å². The molecule has 7 heteroatoms. The molecule has 2 amide bonds. The number of nitrogens with one attached hydrogen (secondary N) is 1. The number of nitrogens with zero attached hydrogens (tertiary/aromatic N) is 3. The monoisotopic (exact) mass is 370 g/mol. The van der Waals surface area contributed by atoms with Gasteiger partial charge in [-0.1, -0.05) is 38.1 Å². The minimum Gasteiger partial charge on any atom is -0.481 e. The lowest BCUT2D eigenvalue weighted by Crippen LogP contribution is -2.44. The van der Waals surface area contributed by atoms with Crippen LogP contribution in [0.1, 0.15) is 43.7 Å². The zero-order chi connectivity index (χ0) is 19.4. The number of urea groups is 1. The van der Waals surface area contributed by atoms with E-state index in [1.54, 1.807) is 21.8 Å². The van der Waals surface area contributed by atoms with Crippen molar-refractivity contribution < 1.29 is 14.7 Å². The Labute approximate surface area is 159 Å². The van der Waals surface area contributed by atoms with Crippen LogP contribution in [0.3, 0.4) is 0 Å². The summed E-state index contributed by atoms with van der Waals surface area (Å²) in [6.07, 6.45) is 2.96. The molecule has 2 heterocycles. The summed E-state index contributed by atoms with van der Waals surface area (Å²) in [4.78, 5) is 25.3. The molecular weight excluding hydrogens is 344 g/mol. The van der Waals surface area contributed by atoms with Crippen molar-refractivity contribution in [2.45, 2.75) is 39.2 Å². The second-order valence-corrected chi connectivity index (χ2v) is 7.32. The van der Waals surface area contributed by atoms with Gasteiger partial charge in [-0.05, 0) is 29.9 Å². The van der Waals surface area contributed by atoms with Gasteiger partial charge < -0.3 is 10.0 Å². The fraction of sp³-hybridized carbons (Fsp3) is 0.450. The van der Waals surface area contributed by atoms with Crippen LogP contribution in [0.15, 0.2) is 36.5 Å². The van der Waals surface area contributed by atoms with Crippen LogP contribution in [-0.2, 0) is 11.3 Å². The Hall–Kier alpha value is -2.83. The SMILES string of the molecule is CC(C)c1ccc(Cn2nccc2NC(=O)N2CCCC(C(=O)O)C2)cc1. The normalized spacial score (nSPS) is 17.1. The molecule has 1 aliphatic heterocycles. The summed E-state index contributed by atoms with van der Waals surface area (Å²) in [6, 6.07) is 9.84. The average molecular weight is 370 g/mol. The van der Waals surface area contributed by atoms with Gasteiger partial charge in [-0.2, -0.15) is 5.10 Å². The van der Waals surface area contributed by atoms with Crippen LogP contribution in [0.4, 0.5) is 10.6 Å². The second kappa shape index (κ2) is 8.24. The molecule has 3 rings (SSSR count). The van der Waals surface area contributed by atoms with E-state index in [1.807, 2.05) is 0 Å². The van der Waals surface area contributed by atoms with Crippen LogP contribution in [0.2, 0.25) is 0 Å². The van der Waals surface area contributed by atoms with Gasteiger partial charge in [-0.25, -0.2) is 9.48 Å². The highest BCUT2D eigenvalue weighted by molar-refractivity contribution is 5.88. The highest BCUT2D eigenvalue weighted by atomic mass is 16.4. The molecular formula is C20H26N4O3. The molecule has 1 aromatic carbocycles. The summed E-state index contributed by atoms with van der Waals surface area (Å²) < 4.78 is 1.74. The fourth-order valence-corrected chi connectivity index (χ4v) is 3.30. The number of aliphatic carboxylic acids is 1. The summed E-state index contributed by atoms with van der Waals surface area (Å²) in [5, 5.41) is 16.3. The number of benzene rings is 1. The van der Waals surface area contributed by atoms with Crippen LogP contribution in [0.25, 0.3) is 0 Å². The quantitative estimate of drug-likeness (QED) is 0.845. The predicted molar refractivity (Wildman–Crippen MR) is 103 cm³/mol. The molecule has 0 spiro atoms. The van der Waals surface area contributed by atoms with Crippen molar-refractivity contribution in [1.82, 2.24) is 14.7 Å². The van der Waals surface area contributed by atoms with E-state index in [0.717, 1.165) is 5.56 Å². The maximum atomic E-state index is 12.5. The van der Waals surface area contributed by atoms with Gasteiger partial charge in [0.2, 0.25) is 0 Å². The second-order valence-electron chi connectivity index (χ2n) is 7.32. The Morgan fingerprint density at radius 2 is 2.00 bits per heavy atom. The molecule has 1 fully saturated rings. The Bertz CT molecular complexity index is 798. The van der Waals surface area contributed by atoms with Gasteiger partial charge in [0.25, 0.3) is 0 Å². The van der Waals surface area contributed by atoms with E-state index in [9.17, 15) is 14.7 Å². The maximum absolute atomic E-state index is 12.5. The Morgan fingerprint density at radius 1 is 1.26 bits per heavy atom. The van der Waals surface area contributed by atoms with Crippen LogP contribution >= 0.6 is 0 Å². The third-order valence-electron chi connectivity index (χ3n) is 4.99. The number of carbonyl (C=O) groups is 2. The molecule has 2 aromatic rings. The van der Waals surface area contributed by atoms with Gasteiger partial charge in [0.15, 0.2) is 0 Å². The van der Waals surface area contributed by atoms with Gasteiger partial charge >= 0.3 is 12.0 Å². The number of amides is 2. The lowest BCUT2D eigenvalue weighted by Gasteiger charge is -2.30. The van der Waals surface area contributed by atoms with Crippen LogP contribution in [0, 0.1) is 5.92 Å². The third kappa shape index (κ3) is 4.67. The Morgan fingerprint density at radius 3 is 2.67 bits per heavy atom. The molecule has 1 aromatic heterocycles. The summed E-state index contributed by atoms with van der Waals surface area (Å²) in [5.41, 5.74) is 2.38. The number of carboxylic acids is 1. The Kier molecular flexibility index (Phi) is 5.78. The average Bonchev–Trinajstić information content (AvgIpc) is 3.08. The highest BCUT2D eigenvalue weighted by Gasteiger charge is 2.28. The smallest absolute Gasteiger partial charge is 0.323 e. The van der Waals surface area contributed by atoms with Gasteiger partial charge in [0.1, 0.15) is 5.82 Å².